The van der Waals surface area contributed by atoms with E-state index in [1.807, 2.05) is 0 Å². The molecule has 3 heteroatoms. The standard InChI is InChI=1S/C14H32N2O/c1-12(2)9-15-10-14(5)11-16(13(3)4)7-8-17-6/h12-15H,7-11H2,1-6H3. The number of hydrogen-bond donors (Lipinski definition) is 1. The Hall–Kier alpha value is -0.120. The first-order valence-corrected chi connectivity index (χ1v) is 6.91. The van der Waals surface area contributed by atoms with E-state index in [0.29, 0.717) is 12.0 Å². The smallest absolute Gasteiger partial charge is 0.0589 e. The summed E-state index contributed by atoms with van der Waals surface area (Å²) in [6.07, 6.45) is 0. The predicted molar refractivity (Wildman–Crippen MR) is 75.5 cm³/mol. The van der Waals surface area contributed by atoms with Crippen LogP contribution in [0.1, 0.15) is 34.6 Å². The summed E-state index contributed by atoms with van der Waals surface area (Å²) in [6.45, 7) is 16.5. The summed E-state index contributed by atoms with van der Waals surface area (Å²) in [5, 5.41) is 3.53. The highest BCUT2D eigenvalue weighted by atomic mass is 16.5. The van der Waals surface area contributed by atoms with Gasteiger partial charge in [0.1, 0.15) is 0 Å². The quantitative estimate of drug-likeness (QED) is 0.638. The molecular weight excluding hydrogens is 212 g/mol. The van der Waals surface area contributed by atoms with Gasteiger partial charge in [-0.05, 0) is 38.8 Å². The van der Waals surface area contributed by atoms with Gasteiger partial charge in [-0.15, -0.1) is 0 Å². The molecule has 1 unspecified atom stereocenters. The molecule has 0 aromatic rings. The van der Waals surface area contributed by atoms with Gasteiger partial charge >= 0.3 is 0 Å². The highest BCUT2D eigenvalue weighted by Gasteiger charge is 2.13. The molecule has 0 fully saturated rings. The van der Waals surface area contributed by atoms with Gasteiger partial charge in [0.15, 0.2) is 0 Å². The first kappa shape index (κ1) is 16.9. The molecule has 0 amide bonds. The molecule has 3 nitrogen and oxygen atoms in total. The van der Waals surface area contributed by atoms with Crippen LogP contribution in [0.15, 0.2) is 0 Å². The SMILES string of the molecule is COCCN(CC(C)CNCC(C)C)C(C)C. The first-order valence-electron chi connectivity index (χ1n) is 6.91. The van der Waals surface area contributed by atoms with Gasteiger partial charge in [0.2, 0.25) is 0 Å². The Morgan fingerprint density at radius 3 is 2.18 bits per heavy atom. The molecule has 0 saturated heterocycles. The van der Waals surface area contributed by atoms with Gasteiger partial charge < -0.3 is 10.1 Å². The van der Waals surface area contributed by atoms with E-state index in [9.17, 15) is 0 Å². The van der Waals surface area contributed by atoms with E-state index in [-0.39, 0.29) is 0 Å². The fourth-order valence-corrected chi connectivity index (χ4v) is 1.85. The molecule has 0 aliphatic rings. The second-order valence-electron chi connectivity index (χ2n) is 5.74. The number of methoxy groups -OCH3 is 1. The minimum absolute atomic E-state index is 0.595. The lowest BCUT2D eigenvalue weighted by Crippen LogP contribution is -2.40. The third-order valence-corrected chi connectivity index (χ3v) is 2.90. The maximum Gasteiger partial charge on any atom is 0.0589 e. The lowest BCUT2D eigenvalue weighted by Gasteiger charge is -2.29. The van der Waals surface area contributed by atoms with Crippen molar-refractivity contribution in [1.82, 2.24) is 10.2 Å². The molecule has 0 spiro atoms. The molecule has 0 saturated carbocycles. The van der Waals surface area contributed by atoms with Gasteiger partial charge in [-0.3, -0.25) is 4.90 Å². The Labute approximate surface area is 108 Å². The lowest BCUT2D eigenvalue weighted by molar-refractivity contribution is 0.118. The zero-order valence-corrected chi connectivity index (χ0v) is 12.6. The van der Waals surface area contributed by atoms with Gasteiger partial charge in [-0.1, -0.05) is 20.8 Å². The van der Waals surface area contributed by atoms with Crippen molar-refractivity contribution in [2.75, 3.05) is 39.9 Å². The highest BCUT2D eigenvalue weighted by Crippen LogP contribution is 2.04. The average Bonchev–Trinajstić information content (AvgIpc) is 2.23. The largest absolute Gasteiger partial charge is 0.383 e. The Morgan fingerprint density at radius 2 is 1.71 bits per heavy atom. The molecule has 0 rings (SSSR count). The normalized spacial score (nSPS) is 13.9. The molecule has 17 heavy (non-hydrogen) atoms. The number of rotatable bonds is 10. The molecule has 0 radical (unpaired) electrons. The molecule has 0 bridgehead atoms. The molecular formula is C14H32N2O. The fourth-order valence-electron chi connectivity index (χ4n) is 1.85. The second-order valence-corrected chi connectivity index (χ2v) is 5.74. The molecule has 0 aliphatic carbocycles. The van der Waals surface area contributed by atoms with Gasteiger partial charge in [-0.25, -0.2) is 0 Å². The maximum atomic E-state index is 5.16. The van der Waals surface area contributed by atoms with Crippen LogP contribution in [0.25, 0.3) is 0 Å². The number of ether oxygens (including phenoxy) is 1. The summed E-state index contributed by atoms with van der Waals surface area (Å²) in [5.74, 6) is 1.42. The van der Waals surface area contributed by atoms with Crippen LogP contribution in [0, 0.1) is 11.8 Å². The molecule has 104 valence electrons. The first-order chi connectivity index (χ1) is 7.97. The fraction of sp³-hybridized carbons (Fsp3) is 1.00. The third kappa shape index (κ3) is 9.57. The maximum absolute atomic E-state index is 5.16. The monoisotopic (exact) mass is 244 g/mol. The van der Waals surface area contributed by atoms with Crippen molar-refractivity contribution >= 4 is 0 Å². The minimum atomic E-state index is 0.595. The zero-order valence-electron chi connectivity index (χ0n) is 12.6. The van der Waals surface area contributed by atoms with Crippen LogP contribution in [0.5, 0.6) is 0 Å². The van der Waals surface area contributed by atoms with Crippen molar-refractivity contribution in [3.05, 3.63) is 0 Å². The Kier molecular flexibility index (Phi) is 9.79. The van der Waals surface area contributed by atoms with Gasteiger partial charge in [0.05, 0.1) is 6.61 Å². The highest BCUT2D eigenvalue weighted by molar-refractivity contribution is 4.68. The topological polar surface area (TPSA) is 24.5 Å². The van der Waals surface area contributed by atoms with Crippen LogP contribution < -0.4 is 5.32 Å². The van der Waals surface area contributed by atoms with E-state index >= 15 is 0 Å². The van der Waals surface area contributed by atoms with E-state index < -0.39 is 0 Å². The van der Waals surface area contributed by atoms with E-state index in [0.717, 1.165) is 38.7 Å². The van der Waals surface area contributed by atoms with Crippen molar-refractivity contribution in [2.24, 2.45) is 11.8 Å². The molecule has 1 atom stereocenters. The van der Waals surface area contributed by atoms with E-state index in [1.165, 1.54) is 0 Å². The molecule has 0 aromatic carbocycles. The summed E-state index contributed by atoms with van der Waals surface area (Å²) in [5.41, 5.74) is 0. The van der Waals surface area contributed by atoms with E-state index in [1.54, 1.807) is 7.11 Å². The molecule has 1 N–H and O–H groups in total. The number of nitrogens with one attached hydrogen (secondary N) is 1. The summed E-state index contributed by atoms with van der Waals surface area (Å²) in [4.78, 5) is 2.49. The van der Waals surface area contributed by atoms with Crippen molar-refractivity contribution in [3.8, 4) is 0 Å². The van der Waals surface area contributed by atoms with Gasteiger partial charge in [0, 0.05) is 26.2 Å². The van der Waals surface area contributed by atoms with Crippen molar-refractivity contribution in [3.63, 3.8) is 0 Å². The average molecular weight is 244 g/mol. The van der Waals surface area contributed by atoms with E-state index in [2.05, 4.69) is 44.8 Å². The van der Waals surface area contributed by atoms with E-state index in [4.69, 9.17) is 4.74 Å². The second kappa shape index (κ2) is 9.86. The Morgan fingerprint density at radius 1 is 1.06 bits per heavy atom. The lowest BCUT2D eigenvalue weighted by atomic mass is 10.1. The summed E-state index contributed by atoms with van der Waals surface area (Å²) < 4.78 is 5.16. The van der Waals surface area contributed by atoms with Gasteiger partial charge in [-0.2, -0.15) is 0 Å². The van der Waals surface area contributed by atoms with Crippen LogP contribution in [0.3, 0.4) is 0 Å². The zero-order chi connectivity index (χ0) is 13.3. The summed E-state index contributed by atoms with van der Waals surface area (Å²) in [7, 11) is 1.77. The number of hydrogen-bond acceptors (Lipinski definition) is 3. The van der Waals surface area contributed by atoms with Crippen molar-refractivity contribution < 1.29 is 4.74 Å². The van der Waals surface area contributed by atoms with Crippen LogP contribution in [0.2, 0.25) is 0 Å². The van der Waals surface area contributed by atoms with Gasteiger partial charge in [0.25, 0.3) is 0 Å². The van der Waals surface area contributed by atoms with Crippen LogP contribution in [0.4, 0.5) is 0 Å². The molecule has 0 aliphatic heterocycles. The number of nitrogens with zero attached hydrogens (tertiary/aromatic N) is 1. The molecule has 0 heterocycles. The van der Waals surface area contributed by atoms with Crippen molar-refractivity contribution in [2.45, 2.75) is 40.7 Å². The minimum Gasteiger partial charge on any atom is -0.383 e. The van der Waals surface area contributed by atoms with Crippen LogP contribution in [-0.2, 0) is 4.74 Å². The van der Waals surface area contributed by atoms with Crippen molar-refractivity contribution in [1.29, 1.82) is 0 Å². The van der Waals surface area contributed by atoms with Crippen LogP contribution in [-0.4, -0.2) is 50.8 Å². The summed E-state index contributed by atoms with van der Waals surface area (Å²) in [6, 6.07) is 0.595. The third-order valence-electron chi connectivity index (χ3n) is 2.90. The Balaban J connectivity index is 3.82. The molecule has 0 aromatic heterocycles. The Bertz CT molecular complexity index is 172. The van der Waals surface area contributed by atoms with Crippen LogP contribution >= 0.6 is 0 Å². The summed E-state index contributed by atoms with van der Waals surface area (Å²) >= 11 is 0. The predicted octanol–water partition coefficient (Wildman–Crippen LogP) is 2.22.